The van der Waals surface area contributed by atoms with Crippen LogP contribution in [-0.2, 0) is 4.79 Å². The highest BCUT2D eigenvalue weighted by Crippen LogP contribution is 2.36. The molecule has 0 radical (unpaired) electrons. The number of Topliss-reactive ketones (excluding diaryl/α,β-unsaturated/α-hetero) is 1. The Bertz CT molecular complexity index is 1490. The van der Waals surface area contributed by atoms with E-state index in [9.17, 15) is 4.79 Å². The molecule has 6 aromatic rings. The number of carbonyl (C=O) groups excluding carboxylic acids is 1. The van der Waals surface area contributed by atoms with Crippen LogP contribution < -0.4 is 0 Å². The molecule has 6 rings (SSSR count). The average Bonchev–Trinajstić information content (AvgIpc) is 3.67. The summed E-state index contributed by atoms with van der Waals surface area (Å²) in [5.41, 5.74) is 6.38. The van der Waals surface area contributed by atoms with Crippen molar-refractivity contribution in [1.82, 2.24) is 9.97 Å². The third-order valence-electron chi connectivity index (χ3n) is 6.21. The first-order valence-corrected chi connectivity index (χ1v) is 14.5. The number of thiazole rings is 2. The van der Waals surface area contributed by atoms with E-state index in [-0.39, 0.29) is 17.6 Å². The molecular formula is C27H20N2OS4. The van der Waals surface area contributed by atoms with Gasteiger partial charge in [0, 0.05) is 33.7 Å². The summed E-state index contributed by atoms with van der Waals surface area (Å²) in [6.45, 7) is 4.03. The second-order valence-corrected chi connectivity index (χ2v) is 12.0. The van der Waals surface area contributed by atoms with E-state index in [1.54, 1.807) is 45.3 Å². The van der Waals surface area contributed by atoms with Gasteiger partial charge in [-0.2, -0.15) is 22.7 Å². The number of carbonyl (C=O) groups is 1. The van der Waals surface area contributed by atoms with Gasteiger partial charge < -0.3 is 0 Å². The van der Waals surface area contributed by atoms with Gasteiger partial charge in [0.25, 0.3) is 0 Å². The van der Waals surface area contributed by atoms with E-state index in [2.05, 4.69) is 45.8 Å². The number of fused-ring (bicyclic) bond motifs is 2. The van der Waals surface area contributed by atoms with Gasteiger partial charge in [0.1, 0.15) is 15.8 Å². The zero-order valence-electron chi connectivity index (χ0n) is 18.5. The van der Waals surface area contributed by atoms with Gasteiger partial charge in [-0.25, -0.2) is 9.97 Å². The van der Waals surface area contributed by atoms with Crippen LogP contribution in [0.25, 0.3) is 41.6 Å². The smallest absolute Gasteiger partial charge is 0.147 e. The van der Waals surface area contributed by atoms with Gasteiger partial charge in [0.05, 0.1) is 20.4 Å². The molecule has 0 saturated heterocycles. The lowest BCUT2D eigenvalue weighted by molar-refractivity contribution is -0.121. The van der Waals surface area contributed by atoms with Crippen molar-refractivity contribution in [3.05, 3.63) is 81.2 Å². The fourth-order valence-corrected chi connectivity index (χ4v) is 7.59. The van der Waals surface area contributed by atoms with Gasteiger partial charge in [-0.1, -0.05) is 26.0 Å². The molecule has 4 aromatic heterocycles. The Labute approximate surface area is 213 Å². The van der Waals surface area contributed by atoms with E-state index in [0.717, 1.165) is 52.7 Å². The number of aromatic nitrogens is 2. The maximum Gasteiger partial charge on any atom is 0.147 e. The normalized spacial score (nSPS) is 13.5. The molecule has 34 heavy (non-hydrogen) atoms. The van der Waals surface area contributed by atoms with Crippen LogP contribution in [0.1, 0.15) is 36.8 Å². The van der Waals surface area contributed by atoms with Crippen LogP contribution in [0, 0.1) is 0 Å². The van der Waals surface area contributed by atoms with Crippen LogP contribution in [0.4, 0.5) is 0 Å². The molecular weight excluding hydrogens is 497 g/mol. The molecule has 0 aliphatic heterocycles. The van der Waals surface area contributed by atoms with Crippen molar-refractivity contribution in [2.24, 2.45) is 0 Å². The van der Waals surface area contributed by atoms with Crippen molar-refractivity contribution >= 4 is 71.6 Å². The molecule has 2 aromatic carbocycles. The molecule has 0 aliphatic rings. The molecule has 2 atom stereocenters. The van der Waals surface area contributed by atoms with Gasteiger partial charge in [0.2, 0.25) is 0 Å². The quantitative estimate of drug-likeness (QED) is 0.222. The Kier molecular flexibility index (Phi) is 5.65. The van der Waals surface area contributed by atoms with Gasteiger partial charge in [-0.05, 0) is 58.3 Å². The molecule has 0 N–H and O–H groups in total. The summed E-state index contributed by atoms with van der Waals surface area (Å²) in [7, 11) is 0. The lowest BCUT2D eigenvalue weighted by atomic mass is 9.86. The fourth-order valence-electron chi connectivity index (χ4n) is 4.14. The highest BCUT2D eigenvalue weighted by Gasteiger charge is 2.24. The molecule has 0 bridgehead atoms. The molecule has 0 saturated carbocycles. The van der Waals surface area contributed by atoms with Crippen LogP contribution in [0.5, 0.6) is 0 Å². The maximum atomic E-state index is 13.5. The fraction of sp³-hybridized carbons (Fsp3) is 0.148. The summed E-state index contributed by atoms with van der Waals surface area (Å²) in [5.74, 6) is -0.155. The van der Waals surface area contributed by atoms with E-state index in [0.29, 0.717) is 0 Å². The number of hydrogen-bond donors (Lipinski definition) is 0. The average molecular weight is 517 g/mol. The second kappa shape index (κ2) is 8.82. The number of hydrogen-bond acceptors (Lipinski definition) is 7. The maximum absolute atomic E-state index is 13.5. The number of thiophene rings is 2. The molecule has 7 heteroatoms. The summed E-state index contributed by atoms with van der Waals surface area (Å²) in [5, 5.41) is 10.4. The zero-order valence-corrected chi connectivity index (χ0v) is 21.8. The molecule has 4 heterocycles. The lowest BCUT2D eigenvalue weighted by Crippen LogP contribution is -2.16. The number of nitrogens with zero attached hydrogens (tertiary/aromatic N) is 2. The van der Waals surface area contributed by atoms with E-state index in [4.69, 9.17) is 9.97 Å². The summed E-state index contributed by atoms with van der Waals surface area (Å²) in [6, 6.07) is 16.7. The van der Waals surface area contributed by atoms with Crippen molar-refractivity contribution < 1.29 is 4.79 Å². The third kappa shape index (κ3) is 3.92. The highest BCUT2D eigenvalue weighted by atomic mass is 32.1. The van der Waals surface area contributed by atoms with E-state index >= 15 is 0 Å². The monoisotopic (exact) mass is 516 g/mol. The van der Waals surface area contributed by atoms with Crippen LogP contribution in [-0.4, -0.2) is 15.8 Å². The molecule has 0 aliphatic carbocycles. The second-order valence-electron chi connectivity index (χ2n) is 8.36. The minimum Gasteiger partial charge on any atom is -0.298 e. The molecule has 0 amide bonds. The van der Waals surface area contributed by atoms with Crippen molar-refractivity contribution in [2.75, 3.05) is 0 Å². The van der Waals surface area contributed by atoms with Gasteiger partial charge in [0.15, 0.2) is 0 Å². The van der Waals surface area contributed by atoms with Crippen molar-refractivity contribution in [1.29, 1.82) is 0 Å². The summed E-state index contributed by atoms with van der Waals surface area (Å²) >= 11 is 6.73. The minimum absolute atomic E-state index is 0.190. The largest absolute Gasteiger partial charge is 0.298 e. The number of rotatable bonds is 6. The minimum atomic E-state index is -0.190. The summed E-state index contributed by atoms with van der Waals surface area (Å²) in [6.07, 6.45) is 0. The van der Waals surface area contributed by atoms with Crippen molar-refractivity contribution in [3.8, 4) is 21.1 Å². The number of benzene rings is 2. The predicted octanol–water partition coefficient (Wildman–Crippen LogP) is 8.84. The number of ketones is 1. The van der Waals surface area contributed by atoms with Gasteiger partial charge in [-0.3, -0.25) is 4.79 Å². The summed E-state index contributed by atoms with van der Waals surface area (Å²) < 4.78 is 2.25. The lowest BCUT2D eigenvalue weighted by Gasteiger charge is -2.17. The molecule has 168 valence electrons. The van der Waals surface area contributed by atoms with E-state index < -0.39 is 0 Å². The first kappa shape index (κ1) is 21.8. The first-order chi connectivity index (χ1) is 16.6. The topological polar surface area (TPSA) is 42.9 Å². The van der Waals surface area contributed by atoms with Crippen molar-refractivity contribution in [2.45, 2.75) is 25.7 Å². The van der Waals surface area contributed by atoms with Gasteiger partial charge >= 0.3 is 0 Å². The van der Waals surface area contributed by atoms with E-state index in [1.165, 1.54) is 0 Å². The Balaban J connectivity index is 1.26. The third-order valence-corrected chi connectivity index (χ3v) is 9.72. The molecule has 0 spiro atoms. The Morgan fingerprint density at radius 1 is 0.706 bits per heavy atom. The van der Waals surface area contributed by atoms with Crippen LogP contribution in [0.2, 0.25) is 0 Å². The first-order valence-electron chi connectivity index (χ1n) is 11.0. The predicted molar refractivity (Wildman–Crippen MR) is 148 cm³/mol. The van der Waals surface area contributed by atoms with Crippen LogP contribution >= 0.6 is 45.3 Å². The van der Waals surface area contributed by atoms with E-state index in [1.807, 2.05) is 38.1 Å². The Morgan fingerprint density at radius 2 is 1.18 bits per heavy atom. The SMILES string of the molecule is CC(C(=O)C(C)c1ccc2nc(-c3ccsc3)sc2c1)c1ccc2nc(-c3ccsc3)sc2c1. The van der Waals surface area contributed by atoms with Crippen molar-refractivity contribution in [3.63, 3.8) is 0 Å². The molecule has 0 fully saturated rings. The van der Waals surface area contributed by atoms with Crippen LogP contribution in [0.15, 0.2) is 70.1 Å². The Morgan fingerprint density at radius 3 is 1.59 bits per heavy atom. The van der Waals surface area contributed by atoms with Gasteiger partial charge in [-0.15, -0.1) is 22.7 Å². The molecule has 3 nitrogen and oxygen atoms in total. The zero-order chi connectivity index (χ0) is 23.2. The standard InChI is InChI=1S/C27H20N2OS4/c1-15(17-3-5-21-23(11-17)33-26(28-21)19-7-9-31-13-19)25(30)16(2)18-4-6-22-24(12-18)34-27(29-22)20-8-10-32-14-20/h3-16H,1-2H3. The highest BCUT2D eigenvalue weighted by molar-refractivity contribution is 7.22. The van der Waals surface area contributed by atoms with Crippen LogP contribution in [0.3, 0.4) is 0 Å². The molecule has 2 unspecified atom stereocenters. The summed E-state index contributed by atoms with van der Waals surface area (Å²) in [4.78, 5) is 23.0. The Hall–Kier alpha value is -2.71.